The number of urea groups is 1. The van der Waals surface area contributed by atoms with Crippen molar-refractivity contribution in [3.8, 4) is 33.6 Å². The van der Waals surface area contributed by atoms with Crippen LogP contribution in [0.3, 0.4) is 0 Å². The summed E-state index contributed by atoms with van der Waals surface area (Å²) < 4.78 is 14.2. The predicted molar refractivity (Wildman–Crippen MR) is 369 cm³/mol. The second kappa shape index (κ2) is 25.2. The van der Waals surface area contributed by atoms with Crippen LogP contribution in [0.5, 0.6) is 0 Å². The summed E-state index contributed by atoms with van der Waals surface area (Å²) in [7, 11) is 0. The van der Waals surface area contributed by atoms with E-state index in [2.05, 4.69) is 184 Å². The summed E-state index contributed by atoms with van der Waals surface area (Å²) in [6.07, 6.45) is 22.6. The molecule has 0 spiro atoms. The maximum Gasteiger partial charge on any atom is 0.317 e. The summed E-state index contributed by atoms with van der Waals surface area (Å²) in [5.41, 5.74) is 16.0. The fourth-order valence-corrected chi connectivity index (χ4v) is 16.4. The number of ether oxygens (including phenoxy) is 1. The van der Waals surface area contributed by atoms with Crippen LogP contribution in [0.4, 0.5) is 21.9 Å². The minimum atomic E-state index is -0.239. The monoisotopic (exact) mass is 1290 g/mol. The number of hydrogen-bond donors (Lipinski definition) is 4. The zero-order chi connectivity index (χ0) is 64.6. The van der Waals surface area contributed by atoms with Gasteiger partial charge in [-0.1, -0.05) is 36.4 Å². The second-order valence-corrected chi connectivity index (χ2v) is 28.5. The standard InChI is InChI=1S/C74H86N18O4/c1-49(82-73(95)88-33-27-84(28-34-88)66-16-20-80-90-45-55(37-68(66)90)62-13-11-53(41-77-62)61-4-3-18-75-61)44-89-22-17-67(70-36-54(47-92(70)89)50-5-7-51(8-6-50)64-48-96-35-21-76-64)85-25-31-87(32-26-85)72(94)60-39-59(60)57-40-74(2,79-42-57)58-12-14-63(78-43-58)56-38-69-65(15-19-81-91(69)46-56)83-23-29-86(30-24-83)71(93)52-9-10-52/h5-8,11-17,19-20,22,36-38,41,43,45-47,49,52,57,59-61,64,75-76,79H,3-4,9-10,18,21,23-35,39-40,42,44,48H2,1-2H3/p+1. The van der Waals surface area contributed by atoms with Crippen LogP contribution in [0, 0.1) is 23.7 Å². The Kier molecular flexibility index (Phi) is 16.0. The molecule has 8 fully saturated rings. The Morgan fingerprint density at radius 2 is 1.25 bits per heavy atom. The average molecular weight is 1290 g/mol. The number of nitrogens with one attached hydrogen (secondary N) is 4. The molecule has 8 aliphatic rings. The number of benzene rings is 1. The van der Waals surface area contributed by atoms with Crippen LogP contribution in [0.2, 0.25) is 0 Å². The molecule has 4 N–H and O–H groups in total. The van der Waals surface area contributed by atoms with Crippen molar-refractivity contribution in [1.29, 1.82) is 0 Å². The van der Waals surface area contributed by atoms with Crippen molar-refractivity contribution in [3.63, 3.8) is 0 Å². The second-order valence-electron chi connectivity index (χ2n) is 28.5. The molecule has 7 atom stereocenters. The molecule has 4 amide bonds. The van der Waals surface area contributed by atoms with Crippen LogP contribution >= 0.6 is 0 Å². The number of carbonyl (C=O) groups is 3. The van der Waals surface area contributed by atoms with Gasteiger partial charge in [-0.25, -0.2) is 13.8 Å². The van der Waals surface area contributed by atoms with E-state index in [0.717, 1.165) is 170 Å². The minimum Gasteiger partial charge on any atom is -0.378 e. The number of anilines is 3. The van der Waals surface area contributed by atoms with Crippen LogP contribution in [0.15, 0.2) is 135 Å². The summed E-state index contributed by atoms with van der Waals surface area (Å²) in [5.74, 6) is 1.71. The van der Waals surface area contributed by atoms with E-state index in [1.807, 2.05) is 43.6 Å². The molecule has 6 saturated heterocycles. The molecule has 2 aliphatic carbocycles. The van der Waals surface area contributed by atoms with Gasteiger partial charge in [-0.05, 0) is 142 Å². The van der Waals surface area contributed by atoms with E-state index in [9.17, 15) is 14.4 Å². The third-order valence-corrected chi connectivity index (χ3v) is 22.2. The first kappa shape index (κ1) is 60.7. The summed E-state index contributed by atoms with van der Waals surface area (Å²) in [4.78, 5) is 64.4. The van der Waals surface area contributed by atoms with Gasteiger partial charge < -0.3 is 55.4 Å². The molecule has 9 aromatic rings. The molecule has 496 valence electrons. The molecule has 22 nitrogen and oxygen atoms in total. The van der Waals surface area contributed by atoms with Crippen molar-refractivity contribution in [3.05, 3.63) is 151 Å². The largest absolute Gasteiger partial charge is 0.378 e. The summed E-state index contributed by atoms with van der Waals surface area (Å²) in [5, 5.41) is 23.7. The number of pyridine rings is 2. The molecular formula is C74H87N18O4+. The third kappa shape index (κ3) is 11.9. The Morgan fingerprint density at radius 1 is 0.635 bits per heavy atom. The van der Waals surface area contributed by atoms with Gasteiger partial charge in [0, 0.05) is 168 Å². The topological polar surface area (TPSA) is 197 Å². The number of aromatic nitrogens is 8. The molecule has 0 radical (unpaired) electrons. The van der Waals surface area contributed by atoms with Gasteiger partial charge in [0.05, 0.1) is 71.0 Å². The van der Waals surface area contributed by atoms with E-state index in [-0.39, 0.29) is 35.5 Å². The van der Waals surface area contributed by atoms with Crippen molar-refractivity contribution >= 4 is 51.5 Å². The van der Waals surface area contributed by atoms with Gasteiger partial charge in [0.2, 0.25) is 11.8 Å². The summed E-state index contributed by atoms with van der Waals surface area (Å²) in [6.45, 7) is 17.7. The molecule has 6 aliphatic heterocycles. The summed E-state index contributed by atoms with van der Waals surface area (Å²) >= 11 is 0. The quantitative estimate of drug-likeness (QED) is 0.0753. The minimum absolute atomic E-state index is 0.0576. The van der Waals surface area contributed by atoms with Crippen molar-refractivity contribution in [2.45, 2.75) is 82.6 Å². The molecular weight excluding hydrogens is 1200 g/mol. The average Bonchev–Trinajstić information content (AvgIpc) is 1.60. The van der Waals surface area contributed by atoms with E-state index in [0.29, 0.717) is 82.1 Å². The molecule has 96 heavy (non-hydrogen) atoms. The number of nitrogens with zero attached hydrogens (tertiary/aromatic N) is 14. The highest BCUT2D eigenvalue weighted by molar-refractivity contribution is 5.85. The first-order chi connectivity index (χ1) is 47.0. The van der Waals surface area contributed by atoms with E-state index < -0.39 is 0 Å². The Balaban J connectivity index is 0.523. The Morgan fingerprint density at radius 3 is 1.85 bits per heavy atom. The van der Waals surface area contributed by atoms with Crippen molar-refractivity contribution in [1.82, 2.24) is 69.7 Å². The molecule has 14 heterocycles. The number of hydrogen-bond acceptors (Lipinski definition) is 14. The third-order valence-electron chi connectivity index (χ3n) is 22.2. The van der Waals surface area contributed by atoms with Gasteiger partial charge in [-0.2, -0.15) is 10.2 Å². The molecule has 0 bridgehead atoms. The van der Waals surface area contributed by atoms with E-state index in [1.165, 1.54) is 17.5 Å². The van der Waals surface area contributed by atoms with Gasteiger partial charge in [0.1, 0.15) is 5.52 Å². The Labute approximate surface area is 559 Å². The highest BCUT2D eigenvalue weighted by Gasteiger charge is 2.53. The highest BCUT2D eigenvalue weighted by Crippen LogP contribution is 2.51. The van der Waals surface area contributed by atoms with Crippen LogP contribution in [0.25, 0.3) is 50.2 Å². The van der Waals surface area contributed by atoms with Gasteiger partial charge in [0.15, 0.2) is 12.7 Å². The number of rotatable bonds is 15. The fraction of sp³-hybridized carbons (Fsp3) is 0.459. The maximum absolute atomic E-state index is 14.4. The van der Waals surface area contributed by atoms with Crippen molar-refractivity contribution in [2.75, 3.05) is 126 Å². The Hall–Kier alpha value is -8.96. The maximum atomic E-state index is 14.4. The number of fused-ring (bicyclic) bond motifs is 3. The van der Waals surface area contributed by atoms with E-state index >= 15 is 0 Å². The lowest BCUT2D eigenvalue weighted by Crippen LogP contribution is -2.56. The fourth-order valence-electron chi connectivity index (χ4n) is 16.4. The first-order valence-electron chi connectivity index (χ1n) is 35.2. The van der Waals surface area contributed by atoms with E-state index in [1.54, 1.807) is 0 Å². The van der Waals surface area contributed by atoms with Crippen LogP contribution < -0.4 is 40.6 Å². The van der Waals surface area contributed by atoms with Crippen molar-refractivity contribution in [2.24, 2.45) is 23.7 Å². The van der Waals surface area contributed by atoms with Crippen LogP contribution in [-0.2, 0) is 26.4 Å². The van der Waals surface area contributed by atoms with Gasteiger partial charge >= 0.3 is 6.03 Å². The van der Waals surface area contributed by atoms with Gasteiger partial charge in [0.25, 0.3) is 0 Å². The SMILES string of the molecule is CC(C[n+]1ccc(N2CCN(C(=O)C3CC3C3CNC(C)(c4ccc(-c5cc6c(N7CCN(C(=O)C8CC8)CC7)ccnn6c5)nc4)C3)CC2)c2cc(-c3ccc(C4COCCN4)cc3)cn21)NC(=O)N1CCN(c2ccnn3cc(-c4ccc(C5CCCN5)cn4)cc23)CC1. The molecule has 7 unspecified atom stereocenters. The van der Waals surface area contributed by atoms with Gasteiger partial charge in [-0.3, -0.25) is 19.6 Å². The Bertz CT molecular complexity index is 4340. The van der Waals surface area contributed by atoms with E-state index in [4.69, 9.17) is 14.7 Å². The molecule has 1 aromatic carbocycles. The number of carbonyl (C=O) groups excluding carboxylic acids is 3. The normalized spacial score (nSPS) is 24.4. The summed E-state index contributed by atoms with van der Waals surface area (Å²) in [6, 6.07) is 30.9. The lowest BCUT2D eigenvalue weighted by Gasteiger charge is -2.36. The zero-order valence-corrected chi connectivity index (χ0v) is 55.1. The number of amides is 4. The molecule has 22 heteroatoms. The predicted octanol–water partition coefficient (Wildman–Crippen LogP) is 7.19. The van der Waals surface area contributed by atoms with Crippen molar-refractivity contribution < 1.29 is 23.8 Å². The highest BCUT2D eigenvalue weighted by atomic mass is 16.5. The lowest BCUT2D eigenvalue weighted by molar-refractivity contribution is -0.764. The zero-order valence-electron chi connectivity index (χ0n) is 55.1. The smallest absolute Gasteiger partial charge is 0.317 e. The number of morpholine rings is 1. The molecule has 8 aromatic heterocycles. The van der Waals surface area contributed by atoms with Gasteiger partial charge in [-0.15, -0.1) is 9.20 Å². The van der Waals surface area contributed by atoms with Crippen LogP contribution in [0.1, 0.15) is 81.1 Å². The number of piperazine rings is 3. The van der Waals surface area contributed by atoms with Crippen LogP contribution in [-0.4, -0.2) is 184 Å². The molecule has 17 rings (SSSR count). The first-order valence-corrected chi connectivity index (χ1v) is 35.2. The lowest BCUT2D eigenvalue weighted by atomic mass is 9.86. The molecule has 2 saturated carbocycles.